The number of benzene rings is 1. The Morgan fingerprint density at radius 3 is 1.68 bits per heavy atom. The number of aromatic hydroxyl groups is 1. The van der Waals surface area contributed by atoms with E-state index in [0.29, 0.717) is 18.4 Å². The first-order valence-corrected chi connectivity index (χ1v) is 37.7. The number of hydrogen-bond donors (Lipinski definition) is 15. The number of amides is 13. The minimum Gasteiger partial charge on any atom is -0.508 e. The molecule has 1 aromatic carbocycles. The van der Waals surface area contributed by atoms with Gasteiger partial charge in [0, 0.05) is 19.4 Å². The normalized spacial score (nSPS) is 22.7. The van der Waals surface area contributed by atoms with Gasteiger partial charge in [0.1, 0.15) is 90.1 Å². The van der Waals surface area contributed by atoms with Gasteiger partial charge in [-0.2, -0.15) is 0 Å². The van der Waals surface area contributed by atoms with Gasteiger partial charge in [0.2, 0.25) is 70.9 Å². The number of aliphatic hydroxyl groups is 1. The molecule has 2 heterocycles. The molecule has 3 rings (SSSR count). The number of phenolic OH excluding ortho intramolecular Hbond substituents is 1. The van der Waals surface area contributed by atoms with E-state index in [0.717, 1.165) is 6.42 Å². The van der Waals surface area contributed by atoms with Gasteiger partial charge in [-0.3, -0.25) is 62.3 Å². The number of phenols is 1. The van der Waals surface area contributed by atoms with Gasteiger partial charge in [0.15, 0.2) is 0 Å². The van der Waals surface area contributed by atoms with Gasteiger partial charge in [-0.05, 0) is 124 Å². The van der Waals surface area contributed by atoms with E-state index in [2.05, 4.69) is 63.8 Å². The van der Waals surface area contributed by atoms with Gasteiger partial charge >= 0.3 is 5.97 Å². The van der Waals surface area contributed by atoms with Gasteiger partial charge in [0.25, 0.3) is 5.91 Å². The van der Waals surface area contributed by atoms with Crippen molar-refractivity contribution >= 4 is 82.8 Å². The second-order valence-corrected chi connectivity index (χ2v) is 30.1. The predicted molar refractivity (Wildman–Crippen MR) is 397 cm³/mol. The monoisotopic (exact) mass is 1490 g/mol. The number of nitrogens with two attached hydrogens (primary N) is 1. The number of nitrogens with zero attached hydrogens (tertiary/aromatic N) is 1. The highest BCUT2D eigenvalue weighted by molar-refractivity contribution is 6.03. The number of hydrogen-bond acceptors (Lipinski definition) is 18. The molecule has 13 amide bonds. The largest absolute Gasteiger partial charge is 0.508 e. The summed E-state index contributed by atoms with van der Waals surface area (Å²) in [5, 5.41) is 53.0. The molecule has 0 bridgehead atoms. The highest BCUT2D eigenvalue weighted by Gasteiger charge is 2.45. The molecule has 0 aliphatic carbocycles. The van der Waals surface area contributed by atoms with E-state index < -0.39 is 203 Å². The molecule has 31 heteroatoms. The lowest BCUT2D eigenvalue weighted by Gasteiger charge is -2.33. The van der Waals surface area contributed by atoms with Crippen LogP contribution in [-0.2, 0) is 78.3 Å². The average Bonchev–Trinajstić information content (AvgIpc) is 1.52. The molecule has 31 nitrogen and oxygen atoms in total. The maximum atomic E-state index is 15.0. The van der Waals surface area contributed by atoms with E-state index in [9.17, 15) is 67.7 Å². The summed E-state index contributed by atoms with van der Waals surface area (Å²) >= 11 is 0. The van der Waals surface area contributed by atoms with Crippen LogP contribution in [0.4, 0.5) is 0 Å². The second kappa shape index (κ2) is 43.8. The molecule has 2 fully saturated rings. The van der Waals surface area contributed by atoms with Crippen LogP contribution in [0.2, 0.25) is 0 Å². The van der Waals surface area contributed by atoms with Crippen molar-refractivity contribution in [3.8, 4) is 5.75 Å². The lowest BCUT2D eigenvalue weighted by Crippen LogP contribution is -2.64. The number of nitrogens with one attached hydrogen (secondary N) is 12. The van der Waals surface area contributed by atoms with E-state index >= 15 is 9.59 Å². The van der Waals surface area contributed by atoms with Crippen molar-refractivity contribution in [2.24, 2.45) is 53.1 Å². The third kappa shape index (κ3) is 27.2. The third-order valence-electron chi connectivity index (χ3n) is 19.7. The van der Waals surface area contributed by atoms with Gasteiger partial charge in [0.05, 0.1) is 6.10 Å². The van der Waals surface area contributed by atoms with E-state index in [-0.39, 0.29) is 81.3 Å². The Balaban J connectivity index is 2.01. The fraction of sp³-hybridized carbons (Fsp3) is 0.707. The minimum atomic E-state index is -1.84. The standard InChI is InChI=1S/C75H124N14O17/c1-20-42(15)28-33-53(92)80-54(37(5)6)68(98)87-61(45(18)90)72(102)82-56(39(9)10)69(99)83-57(40(11)12)74(104)89-35-25-27-52(89)66(96)78-50(26-24-34-76)64(94)85-59(43(16)21-2)71(101)88-62-46(19)106-75(105)58(41(13)14)84-63(93)49(23-4)77-65(95)51(36-47-29-31-48(91)32-30-47)79-67(97)55(38(7)8)81-70(100)60(44(17)22-3)86-73(62)103/h23,29-32,37-46,50-52,54-62,90-91H,20-22,24-28,33-36,76H2,1-19H3,(H,77,95)(H,78,96)(H,79,97)(H,80,92)(H,81,100)(H,82,102)(H,83,99)(H,84,93)(H,85,94)(H,86,103)(H,87,98)(H,88,101)/b49-23-/t42-,43+,44+,45+,46-,50-,51-,52+,54+,55+,56-,57+,58-,59+,60+,61-,62+/m0/s1. The SMILES string of the molecule is C/C=C1\NC(=O)[C@H](Cc2ccc(O)cc2)NC(=O)[C@@H](C(C)C)NC(=O)[C@@H]([C@H](C)CC)NC(=O)[C@H](NC(=O)[C@H](NC(=O)[C@H](CCCN)NC(=O)[C@H]2CCCN2C(=O)[C@H](NC(=O)[C@@H](NC(=O)[C@@H](NC(=O)[C@H](NC(=O)CC[C@@H](C)CC)C(C)C)[C@@H](C)O)C(C)C)C(C)C)[C@H](C)CC)[C@H](C)OC(=O)[C@H](C(C)C)NC1=O. The fourth-order valence-electron chi connectivity index (χ4n) is 12.1. The van der Waals surface area contributed by atoms with Crippen molar-refractivity contribution in [2.75, 3.05) is 13.1 Å². The zero-order chi connectivity index (χ0) is 80.3. The number of carbonyl (C=O) groups is 14. The Hall–Kier alpha value is -8.74. The maximum Gasteiger partial charge on any atom is 0.329 e. The summed E-state index contributed by atoms with van der Waals surface area (Å²) in [7, 11) is 0. The Labute approximate surface area is 625 Å². The maximum absolute atomic E-state index is 15.0. The molecule has 0 aromatic heterocycles. The van der Waals surface area contributed by atoms with Crippen molar-refractivity contribution < 1.29 is 82.1 Å². The summed E-state index contributed by atoms with van der Waals surface area (Å²) in [5.41, 5.74) is 6.14. The zero-order valence-electron chi connectivity index (χ0n) is 65.6. The molecule has 106 heavy (non-hydrogen) atoms. The van der Waals surface area contributed by atoms with Crippen LogP contribution in [0.3, 0.4) is 0 Å². The summed E-state index contributed by atoms with van der Waals surface area (Å²) in [4.78, 5) is 202. The molecule has 2 aliphatic rings. The molecule has 0 spiro atoms. The summed E-state index contributed by atoms with van der Waals surface area (Å²) in [6, 6.07) is -10.8. The zero-order valence-corrected chi connectivity index (χ0v) is 65.6. The first-order valence-electron chi connectivity index (χ1n) is 37.7. The molecule has 2 saturated heterocycles. The fourth-order valence-corrected chi connectivity index (χ4v) is 12.1. The summed E-state index contributed by atoms with van der Waals surface area (Å²) < 4.78 is 5.95. The van der Waals surface area contributed by atoms with Crippen LogP contribution in [0.15, 0.2) is 36.0 Å². The Morgan fingerprint density at radius 2 is 1.15 bits per heavy atom. The van der Waals surface area contributed by atoms with Crippen LogP contribution in [0.25, 0.3) is 0 Å². The lowest BCUT2D eigenvalue weighted by atomic mass is 9.95. The molecule has 2 aliphatic heterocycles. The van der Waals surface area contributed by atoms with Crippen molar-refractivity contribution in [1.29, 1.82) is 0 Å². The number of likely N-dealkylation sites (tertiary alicyclic amines) is 1. The van der Waals surface area contributed by atoms with Crippen LogP contribution in [-0.4, -0.2) is 196 Å². The molecular formula is C75H124N14O17. The van der Waals surface area contributed by atoms with Crippen molar-refractivity contribution in [1.82, 2.24) is 68.7 Å². The number of ether oxygens (including phenoxy) is 1. The van der Waals surface area contributed by atoms with Gasteiger partial charge in [-0.1, -0.05) is 148 Å². The first-order chi connectivity index (χ1) is 49.7. The van der Waals surface area contributed by atoms with E-state index in [1.54, 1.807) is 96.9 Å². The van der Waals surface area contributed by atoms with Crippen LogP contribution in [0.5, 0.6) is 5.75 Å². The quantitative estimate of drug-likeness (QED) is 0.0350. The molecule has 16 N–H and O–H groups in total. The minimum absolute atomic E-state index is 0.0593. The van der Waals surface area contributed by atoms with E-state index in [1.807, 2.05) is 13.8 Å². The molecule has 0 radical (unpaired) electrons. The third-order valence-corrected chi connectivity index (χ3v) is 19.7. The van der Waals surface area contributed by atoms with Gasteiger partial charge < -0.3 is 89.4 Å². The Kier molecular flexibility index (Phi) is 37.8. The summed E-state index contributed by atoms with van der Waals surface area (Å²) in [6.07, 6.45) is 0.858. The Morgan fingerprint density at radius 1 is 0.613 bits per heavy atom. The van der Waals surface area contributed by atoms with E-state index in [4.69, 9.17) is 10.5 Å². The predicted octanol–water partition coefficient (Wildman–Crippen LogP) is 1.54. The highest BCUT2D eigenvalue weighted by Crippen LogP contribution is 2.24. The van der Waals surface area contributed by atoms with Crippen molar-refractivity contribution in [2.45, 2.75) is 280 Å². The number of rotatable bonds is 33. The number of allylic oxidation sites excluding steroid dienone is 1. The number of aliphatic hydroxyl groups excluding tert-OH is 1. The Bertz CT molecular complexity index is 3210. The molecule has 0 unspecified atom stereocenters. The topological polar surface area (TPSA) is 462 Å². The van der Waals surface area contributed by atoms with Gasteiger partial charge in [-0.15, -0.1) is 0 Å². The van der Waals surface area contributed by atoms with Crippen molar-refractivity contribution in [3.63, 3.8) is 0 Å². The molecular weight excluding hydrogens is 1370 g/mol. The first kappa shape index (κ1) is 91.5. The summed E-state index contributed by atoms with van der Waals surface area (Å²) in [5.74, 6) is -15.6. The van der Waals surface area contributed by atoms with Crippen LogP contribution >= 0.6 is 0 Å². The van der Waals surface area contributed by atoms with Gasteiger partial charge in [-0.25, -0.2) is 4.79 Å². The molecule has 17 atom stereocenters. The van der Waals surface area contributed by atoms with E-state index in [1.165, 1.54) is 56.0 Å². The number of cyclic esters (lactones) is 1. The average molecular weight is 1490 g/mol. The molecule has 0 saturated carbocycles. The van der Waals surface area contributed by atoms with Crippen LogP contribution in [0, 0.1) is 47.3 Å². The summed E-state index contributed by atoms with van der Waals surface area (Å²) in [6.45, 7) is 31.5. The second-order valence-electron chi connectivity index (χ2n) is 30.1. The highest BCUT2D eigenvalue weighted by atomic mass is 16.5. The van der Waals surface area contributed by atoms with Crippen LogP contribution < -0.4 is 69.5 Å². The smallest absolute Gasteiger partial charge is 0.329 e. The number of esters is 1. The molecule has 596 valence electrons. The number of carbonyl (C=O) groups excluding carboxylic acids is 14. The molecule has 1 aromatic rings. The lowest BCUT2D eigenvalue weighted by molar-refractivity contribution is -0.157. The van der Waals surface area contributed by atoms with Crippen LogP contribution in [0.1, 0.15) is 195 Å². The van der Waals surface area contributed by atoms with Crippen molar-refractivity contribution in [3.05, 3.63) is 41.6 Å².